The molecule has 21 heavy (non-hydrogen) atoms. The Kier molecular flexibility index (Phi) is 6.46. The predicted octanol–water partition coefficient (Wildman–Crippen LogP) is 2.26. The van der Waals surface area contributed by atoms with Gasteiger partial charge in [-0.05, 0) is 31.5 Å². The first kappa shape index (κ1) is 16.8. The summed E-state index contributed by atoms with van der Waals surface area (Å²) >= 11 is 0. The molecule has 0 aliphatic heterocycles. The zero-order valence-electron chi connectivity index (χ0n) is 12.9. The van der Waals surface area contributed by atoms with Gasteiger partial charge in [-0.2, -0.15) is 0 Å². The molecular formula is C16H21NO4. The van der Waals surface area contributed by atoms with Gasteiger partial charge in [0.1, 0.15) is 0 Å². The SMILES string of the molecule is CCOC(=O)/C=C(\C(=O)OCC)c1ccc(N(C)C)cc1. The van der Waals surface area contributed by atoms with Crippen molar-refractivity contribution in [1.82, 2.24) is 0 Å². The summed E-state index contributed by atoms with van der Waals surface area (Å²) < 4.78 is 9.84. The number of rotatable bonds is 6. The van der Waals surface area contributed by atoms with Crippen LogP contribution < -0.4 is 4.90 Å². The van der Waals surface area contributed by atoms with Crippen molar-refractivity contribution in [2.24, 2.45) is 0 Å². The molecule has 0 aliphatic rings. The molecule has 0 aliphatic carbocycles. The zero-order chi connectivity index (χ0) is 15.8. The van der Waals surface area contributed by atoms with Crippen molar-refractivity contribution in [2.45, 2.75) is 13.8 Å². The minimum absolute atomic E-state index is 0.195. The first-order valence-electron chi connectivity index (χ1n) is 6.82. The van der Waals surface area contributed by atoms with Crippen molar-refractivity contribution >= 4 is 23.2 Å². The average molecular weight is 291 g/mol. The van der Waals surface area contributed by atoms with E-state index in [0.29, 0.717) is 5.56 Å². The molecule has 1 aromatic carbocycles. The van der Waals surface area contributed by atoms with Crippen LogP contribution in [-0.2, 0) is 19.1 Å². The molecule has 0 radical (unpaired) electrons. The Labute approximate surface area is 125 Å². The van der Waals surface area contributed by atoms with Gasteiger partial charge in [0, 0.05) is 25.9 Å². The van der Waals surface area contributed by atoms with Crippen LogP contribution in [0.15, 0.2) is 30.3 Å². The first-order chi connectivity index (χ1) is 9.99. The summed E-state index contributed by atoms with van der Waals surface area (Å²) in [5, 5.41) is 0. The molecule has 0 fully saturated rings. The summed E-state index contributed by atoms with van der Waals surface area (Å²) in [4.78, 5) is 25.5. The molecule has 1 rings (SSSR count). The molecule has 5 heteroatoms. The van der Waals surface area contributed by atoms with E-state index in [1.807, 2.05) is 31.1 Å². The van der Waals surface area contributed by atoms with Crippen molar-refractivity contribution in [3.8, 4) is 0 Å². The third-order valence-electron chi connectivity index (χ3n) is 2.74. The van der Waals surface area contributed by atoms with Crippen LogP contribution in [0.5, 0.6) is 0 Å². The van der Waals surface area contributed by atoms with E-state index in [1.54, 1.807) is 26.0 Å². The lowest BCUT2D eigenvalue weighted by Gasteiger charge is -2.13. The minimum Gasteiger partial charge on any atom is -0.463 e. The maximum atomic E-state index is 12.0. The molecule has 114 valence electrons. The van der Waals surface area contributed by atoms with Crippen molar-refractivity contribution in [2.75, 3.05) is 32.2 Å². The highest BCUT2D eigenvalue weighted by molar-refractivity contribution is 6.20. The number of hydrogen-bond acceptors (Lipinski definition) is 5. The van der Waals surface area contributed by atoms with Gasteiger partial charge in [0.2, 0.25) is 0 Å². The second-order valence-electron chi connectivity index (χ2n) is 4.47. The van der Waals surface area contributed by atoms with Crippen molar-refractivity contribution < 1.29 is 19.1 Å². The molecule has 1 aromatic rings. The second kappa shape index (κ2) is 8.09. The largest absolute Gasteiger partial charge is 0.463 e. The molecular weight excluding hydrogens is 270 g/mol. The highest BCUT2D eigenvalue weighted by Crippen LogP contribution is 2.20. The van der Waals surface area contributed by atoms with Crippen molar-refractivity contribution in [3.63, 3.8) is 0 Å². The summed E-state index contributed by atoms with van der Waals surface area (Å²) in [7, 11) is 3.85. The molecule has 0 bridgehead atoms. The van der Waals surface area contributed by atoms with Gasteiger partial charge in [0.15, 0.2) is 0 Å². The Bertz CT molecular complexity index is 518. The van der Waals surface area contributed by atoms with E-state index in [4.69, 9.17) is 9.47 Å². The summed E-state index contributed by atoms with van der Waals surface area (Å²) in [6.45, 7) is 3.93. The topological polar surface area (TPSA) is 55.8 Å². The van der Waals surface area contributed by atoms with Gasteiger partial charge < -0.3 is 14.4 Å². The normalized spacial score (nSPS) is 11.0. The highest BCUT2D eigenvalue weighted by Gasteiger charge is 2.15. The number of nitrogens with zero attached hydrogens (tertiary/aromatic N) is 1. The number of carbonyl (C=O) groups is 2. The van der Waals surface area contributed by atoms with E-state index in [0.717, 1.165) is 5.69 Å². The molecule has 0 aromatic heterocycles. The van der Waals surface area contributed by atoms with Crippen LogP contribution in [0.3, 0.4) is 0 Å². The van der Waals surface area contributed by atoms with E-state index < -0.39 is 11.9 Å². The van der Waals surface area contributed by atoms with E-state index >= 15 is 0 Å². The number of ether oxygens (including phenoxy) is 2. The number of anilines is 1. The maximum Gasteiger partial charge on any atom is 0.338 e. The third kappa shape index (κ3) is 4.95. The Morgan fingerprint density at radius 3 is 2.10 bits per heavy atom. The Morgan fingerprint density at radius 1 is 1.05 bits per heavy atom. The van der Waals surface area contributed by atoms with Crippen molar-refractivity contribution in [1.29, 1.82) is 0 Å². The first-order valence-corrected chi connectivity index (χ1v) is 6.82. The van der Waals surface area contributed by atoms with Gasteiger partial charge in [-0.25, -0.2) is 9.59 Å². The van der Waals surface area contributed by atoms with E-state index in [1.165, 1.54) is 6.08 Å². The third-order valence-corrected chi connectivity index (χ3v) is 2.74. The number of esters is 2. The quantitative estimate of drug-likeness (QED) is 0.594. The molecule has 0 amide bonds. The van der Waals surface area contributed by atoms with Crippen LogP contribution in [-0.4, -0.2) is 39.2 Å². The van der Waals surface area contributed by atoms with Crippen LogP contribution in [0.25, 0.3) is 5.57 Å². The van der Waals surface area contributed by atoms with E-state index in [9.17, 15) is 9.59 Å². The van der Waals surface area contributed by atoms with Crippen molar-refractivity contribution in [3.05, 3.63) is 35.9 Å². The average Bonchev–Trinajstić information content (AvgIpc) is 2.45. The Hall–Kier alpha value is -2.30. The maximum absolute atomic E-state index is 12.0. The summed E-state index contributed by atoms with van der Waals surface area (Å²) in [6, 6.07) is 7.29. The van der Waals surface area contributed by atoms with Gasteiger partial charge in [-0.1, -0.05) is 12.1 Å². The Balaban J connectivity index is 3.11. The van der Waals surface area contributed by atoms with Crippen LogP contribution in [0.2, 0.25) is 0 Å². The minimum atomic E-state index is -0.558. The molecule has 0 unspecified atom stereocenters. The molecule has 0 heterocycles. The van der Waals surface area contributed by atoms with Gasteiger partial charge in [0.25, 0.3) is 0 Å². The van der Waals surface area contributed by atoms with Gasteiger partial charge in [-0.15, -0.1) is 0 Å². The number of hydrogen-bond donors (Lipinski definition) is 0. The predicted molar refractivity (Wildman–Crippen MR) is 82.0 cm³/mol. The van der Waals surface area contributed by atoms with Crippen LogP contribution in [0.4, 0.5) is 5.69 Å². The van der Waals surface area contributed by atoms with Crippen LogP contribution in [0.1, 0.15) is 19.4 Å². The zero-order valence-corrected chi connectivity index (χ0v) is 12.9. The number of carbonyl (C=O) groups excluding carboxylic acids is 2. The smallest absolute Gasteiger partial charge is 0.338 e. The van der Waals surface area contributed by atoms with Crippen LogP contribution >= 0.6 is 0 Å². The van der Waals surface area contributed by atoms with Gasteiger partial charge >= 0.3 is 11.9 Å². The molecule has 0 atom stereocenters. The molecule has 5 nitrogen and oxygen atoms in total. The highest BCUT2D eigenvalue weighted by atomic mass is 16.5. The van der Waals surface area contributed by atoms with Crippen LogP contribution in [0, 0.1) is 0 Å². The second-order valence-corrected chi connectivity index (χ2v) is 4.47. The van der Waals surface area contributed by atoms with Gasteiger partial charge in [-0.3, -0.25) is 0 Å². The molecule has 0 N–H and O–H groups in total. The fraction of sp³-hybridized carbons (Fsp3) is 0.375. The summed E-state index contributed by atoms with van der Waals surface area (Å²) in [5.41, 5.74) is 1.81. The molecule has 0 saturated carbocycles. The standard InChI is InChI=1S/C16H21NO4/c1-5-20-15(18)11-14(16(19)21-6-2)12-7-9-13(10-8-12)17(3)4/h7-11H,5-6H2,1-4H3/b14-11-. The fourth-order valence-electron chi connectivity index (χ4n) is 1.71. The monoisotopic (exact) mass is 291 g/mol. The molecule has 0 saturated heterocycles. The molecule has 0 spiro atoms. The lowest BCUT2D eigenvalue weighted by molar-refractivity contribution is -0.139. The Morgan fingerprint density at radius 2 is 1.62 bits per heavy atom. The summed E-state index contributed by atoms with van der Waals surface area (Å²) in [6.07, 6.45) is 1.17. The lowest BCUT2D eigenvalue weighted by Crippen LogP contribution is -2.11. The lowest BCUT2D eigenvalue weighted by atomic mass is 10.0. The van der Waals surface area contributed by atoms with Gasteiger partial charge in [0.05, 0.1) is 18.8 Å². The van der Waals surface area contributed by atoms with E-state index in [2.05, 4.69) is 0 Å². The van der Waals surface area contributed by atoms with E-state index in [-0.39, 0.29) is 18.8 Å². The number of benzene rings is 1. The summed E-state index contributed by atoms with van der Waals surface area (Å²) in [5.74, 6) is -1.10. The fourth-order valence-corrected chi connectivity index (χ4v) is 1.71.